The fourth-order valence-electron chi connectivity index (χ4n) is 3.08. The molecule has 0 spiro atoms. The molecule has 0 saturated carbocycles. The van der Waals surface area contributed by atoms with Gasteiger partial charge in [-0.25, -0.2) is 4.98 Å². The number of carbonyl (C=O) groups excluding carboxylic acids is 1. The Morgan fingerprint density at radius 1 is 1.19 bits per heavy atom. The molecule has 0 aliphatic heterocycles. The molecule has 0 unspecified atom stereocenters. The van der Waals surface area contributed by atoms with E-state index in [1.54, 1.807) is 11.3 Å². The van der Waals surface area contributed by atoms with Crippen LogP contribution in [-0.2, 0) is 17.6 Å². The van der Waals surface area contributed by atoms with Crippen LogP contribution < -0.4 is 0 Å². The highest BCUT2D eigenvalue weighted by Gasteiger charge is 2.16. The summed E-state index contributed by atoms with van der Waals surface area (Å²) in [6.45, 7) is 7.97. The normalized spacial score (nSPS) is 11.2. The number of nitrogens with zero attached hydrogens (tertiary/aromatic N) is 3. The Kier molecular flexibility index (Phi) is 6.09. The van der Waals surface area contributed by atoms with Gasteiger partial charge in [0.2, 0.25) is 5.91 Å². The quantitative estimate of drug-likeness (QED) is 0.571. The van der Waals surface area contributed by atoms with E-state index in [9.17, 15) is 4.79 Å². The van der Waals surface area contributed by atoms with Crippen LogP contribution in [0, 0.1) is 0 Å². The van der Waals surface area contributed by atoms with Gasteiger partial charge in [-0.1, -0.05) is 44.5 Å². The Balaban J connectivity index is 1.79. The lowest BCUT2D eigenvalue weighted by atomic mass is 10.1. The number of aromatic nitrogens is 2. The number of imidazole rings is 1. The van der Waals surface area contributed by atoms with Crippen molar-refractivity contribution in [2.75, 3.05) is 13.1 Å². The Hall–Kier alpha value is -2.14. The number of unbranched alkanes of at least 4 members (excludes halogenated alkanes) is 1. The van der Waals surface area contributed by atoms with E-state index in [0.717, 1.165) is 54.3 Å². The van der Waals surface area contributed by atoms with E-state index in [2.05, 4.69) is 54.1 Å². The van der Waals surface area contributed by atoms with Crippen molar-refractivity contribution >= 4 is 22.2 Å². The van der Waals surface area contributed by atoms with Crippen LogP contribution in [0.1, 0.15) is 44.9 Å². The van der Waals surface area contributed by atoms with Gasteiger partial charge in [-0.2, -0.15) is 0 Å². The van der Waals surface area contributed by atoms with Crippen molar-refractivity contribution in [1.29, 1.82) is 0 Å². The third-order valence-corrected chi connectivity index (χ3v) is 5.68. The molecule has 5 heteroatoms. The second-order valence-corrected chi connectivity index (χ2v) is 7.40. The second kappa shape index (κ2) is 8.49. The Bertz CT molecular complexity index is 863. The molecule has 3 aromatic rings. The second-order valence-electron chi connectivity index (χ2n) is 6.56. The topological polar surface area (TPSA) is 37.6 Å². The maximum Gasteiger partial charge on any atom is 0.228 e. The molecule has 138 valence electrons. The van der Waals surface area contributed by atoms with Crippen molar-refractivity contribution in [2.45, 2.75) is 46.5 Å². The highest BCUT2D eigenvalue weighted by molar-refractivity contribution is 7.15. The van der Waals surface area contributed by atoms with Gasteiger partial charge in [0, 0.05) is 35.9 Å². The predicted molar refractivity (Wildman–Crippen MR) is 109 cm³/mol. The molecule has 1 amide bonds. The summed E-state index contributed by atoms with van der Waals surface area (Å²) in [5, 5.41) is 2.05. The molecule has 0 bridgehead atoms. The number of amides is 1. The number of hydrogen-bond acceptors (Lipinski definition) is 3. The minimum absolute atomic E-state index is 0.197. The molecule has 2 aromatic heterocycles. The molecular weight excluding hydrogens is 342 g/mol. The van der Waals surface area contributed by atoms with E-state index in [1.165, 1.54) is 5.56 Å². The molecule has 4 nitrogen and oxygen atoms in total. The number of carbonyl (C=O) groups is 1. The van der Waals surface area contributed by atoms with Crippen LogP contribution in [0.4, 0.5) is 0 Å². The van der Waals surface area contributed by atoms with E-state index < -0.39 is 0 Å². The lowest BCUT2D eigenvalue weighted by Crippen LogP contribution is -2.33. The Morgan fingerprint density at radius 3 is 2.62 bits per heavy atom. The van der Waals surface area contributed by atoms with Gasteiger partial charge in [-0.3, -0.25) is 9.20 Å². The van der Waals surface area contributed by atoms with Crippen LogP contribution in [-0.4, -0.2) is 33.3 Å². The van der Waals surface area contributed by atoms with E-state index >= 15 is 0 Å². The van der Waals surface area contributed by atoms with E-state index in [0.29, 0.717) is 6.42 Å². The fourth-order valence-corrected chi connectivity index (χ4v) is 3.95. The van der Waals surface area contributed by atoms with Crippen molar-refractivity contribution in [3.63, 3.8) is 0 Å². The van der Waals surface area contributed by atoms with Gasteiger partial charge in [-0.05, 0) is 25.3 Å². The zero-order valence-corrected chi connectivity index (χ0v) is 16.7. The minimum atomic E-state index is 0.197. The first-order valence-corrected chi connectivity index (χ1v) is 10.4. The molecule has 1 aromatic carbocycles. The maximum absolute atomic E-state index is 12.6. The molecular formula is C21H27N3OS. The van der Waals surface area contributed by atoms with Crippen LogP contribution in [0.3, 0.4) is 0 Å². The zero-order valence-electron chi connectivity index (χ0n) is 15.9. The summed E-state index contributed by atoms with van der Waals surface area (Å²) >= 11 is 1.60. The van der Waals surface area contributed by atoms with Crippen LogP contribution in [0.15, 0.2) is 35.8 Å². The summed E-state index contributed by atoms with van der Waals surface area (Å²) in [6.07, 6.45) is 5.69. The Morgan fingerprint density at radius 2 is 1.96 bits per heavy atom. The average molecular weight is 370 g/mol. The van der Waals surface area contributed by atoms with Gasteiger partial charge in [0.15, 0.2) is 4.96 Å². The third-order valence-electron chi connectivity index (χ3n) is 4.79. The fraction of sp³-hybridized carbons (Fsp3) is 0.429. The molecule has 0 atom stereocenters. The van der Waals surface area contributed by atoms with Crippen molar-refractivity contribution in [2.24, 2.45) is 0 Å². The van der Waals surface area contributed by atoms with Gasteiger partial charge in [0.25, 0.3) is 0 Å². The van der Waals surface area contributed by atoms with Gasteiger partial charge in [-0.15, -0.1) is 11.3 Å². The summed E-state index contributed by atoms with van der Waals surface area (Å²) in [5.41, 5.74) is 4.43. The van der Waals surface area contributed by atoms with Crippen LogP contribution in [0.5, 0.6) is 0 Å². The number of fused-ring (bicyclic) bond motifs is 1. The van der Waals surface area contributed by atoms with Crippen molar-refractivity contribution in [3.05, 3.63) is 47.1 Å². The molecule has 26 heavy (non-hydrogen) atoms. The summed E-state index contributed by atoms with van der Waals surface area (Å²) in [7, 11) is 0. The molecule has 0 radical (unpaired) electrons. The van der Waals surface area contributed by atoms with E-state index in [1.807, 2.05) is 11.8 Å². The highest BCUT2D eigenvalue weighted by Crippen LogP contribution is 2.24. The van der Waals surface area contributed by atoms with Crippen LogP contribution in [0.2, 0.25) is 0 Å². The predicted octanol–water partition coefficient (Wildman–Crippen LogP) is 4.82. The number of aryl methyl sites for hydroxylation is 1. The first-order valence-electron chi connectivity index (χ1n) is 9.48. The van der Waals surface area contributed by atoms with Crippen LogP contribution in [0.25, 0.3) is 16.2 Å². The number of thiazole rings is 1. The molecule has 2 heterocycles. The maximum atomic E-state index is 12.6. The standard InChI is InChI=1S/C21H27N3OS/c1-4-7-12-23(6-3)20(25)13-18-15-26-21-22-19(14-24(18)21)17-10-8-16(5-2)9-11-17/h8-11,14-15H,4-7,12-13H2,1-3H3. The van der Waals surface area contributed by atoms with Crippen molar-refractivity contribution < 1.29 is 4.79 Å². The molecule has 0 saturated heterocycles. The van der Waals surface area contributed by atoms with Gasteiger partial charge >= 0.3 is 0 Å². The largest absolute Gasteiger partial charge is 0.343 e. The van der Waals surface area contributed by atoms with Crippen LogP contribution >= 0.6 is 11.3 Å². The first kappa shape index (κ1) is 18.6. The van der Waals surface area contributed by atoms with Gasteiger partial charge in [0.1, 0.15) is 0 Å². The van der Waals surface area contributed by atoms with Crippen molar-refractivity contribution in [1.82, 2.24) is 14.3 Å². The summed E-state index contributed by atoms with van der Waals surface area (Å²) < 4.78 is 2.07. The van der Waals surface area contributed by atoms with Crippen molar-refractivity contribution in [3.8, 4) is 11.3 Å². The molecule has 0 fully saturated rings. The number of likely N-dealkylation sites (N-methyl/N-ethyl adjacent to an activating group) is 1. The minimum Gasteiger partial charge on any atom is -0.343 e. The zero-order chi connectivity index (χ0) is 18.5. The SMILES string of the molecule is CCCCN(CC)C(=O)Cc1csc2nc(-c3ccc(CC)cc3)cn12. The van der Waals surface area contributed by atoms with Gasteiger partial charge < -0.3 is 4.90 Å². The third kappa shape index (κ3) is 3.98. The number of rotatable bonds is 8. The monoisotopic (exact) mass is 369 g/mol. The summed E-state index contributed by atoms with van der Waals surface area (Å²) in [5.74, 6) is 0.197. The van der Waals surface area contributed by atoms with E-state index in [4.69, 9.17) is 4.98 Å². The van der Waals surface area contributed by atoms with Gasteiger partial charge in [0.05, 0.1) is 12.1 Å². The average Bonchev–Trinajstić information content (AvgIpc) is 3.24. The number of benzene rings is 1. The summed E-state index contributed by atoms with van der Waals surface area (Å²) in [4.78, 5) is 20.3. The molecule has 0 aliphatic carbocycles. The lowest BCUT2D eigenvalue weighted by Gasteiger charge is -2.20. The number of hydrogen-bond donors (Lipinski definition) is 0. The van der Waals surface area contributed by atoms with E-state index in [-0.39, 0.29) is 5.91 Å². The smallest absolute Gasteiger partial charge is 0.228 e. The highest BCUT2D eigenvalue weighted by atomic mass is 32.1. The molecule has 3 rings (SSSR count). The first-order chi connectivity index (χ1) is 12.7. The lowest BCUT2D eigenvalue weighted by molar-refractivity contribution is -0.130. The molecule has 0 aliphatic rings. The summed E-state index contributed by atoms with van der Waals surface area (Å²) in [6, 6.07) is 8.56. The Labute approximate surface area is 159 Å². The molecule has 0 N–H and O–H groups in total.